The summed E-state index contributed by atoms with van der Waals surface area (Å²) in [6.07, 6.45) is 10.8. The van der Waals surface area contributed by atoms with Gasteiger partial charge in [0.15, 0.2) is 5.65 Å². The molecule has 0 saturated heterocycles. The molecule has 0 atom stereocenters. The van der Waals surface area contributed by atoms with Crippen molar-refractivity contribution >= 4 is 35.0 Å². The van der Waals surface area contributed by atoms with Gasteiger partial charge in [-0.25, -0.2) is 14.8 Å². The molecule has 1 fully saturated rings. The highest BCUT2D eigenvalue weighted by Gasteiger charge is 2.29. The van der Waals surface area contributed by atoms with E-state index >= 15 is 0 Å². The third-order valence-electron chi connectivity index (χ3n) is 5.95. The van der Waals surface area contributed by atoms with E-state index in [1.165, 1.54) is 15.7 Å². The maximum absolute atomic E-state index is 12.9. The van der Waals surface area contributed by atoms with E-state index in [-0.39, 0.29) is 23.2 Å². The van der Waals surface area contributed by atoms with Crippen molar-refractivity contribution in [3.63, 3.8) is 0 Å². The van der Waals surface area contributed by atoms with Crippen LogP contribution in [0.2, 0.25) is 0 Å². The van der Waals surface area contributed by atoms with Crippen molar-refractivity contribution in [1.82, 2.24) is 29.1 Å². The summed E-state index contributed by atoms with van der Waals surface area (Å²) >= 11 is 0. The van der Waals surface area contributed by atoms with Gasteiger partial charge in [-0.1, -0.05) is 6.92 Å². The number of carbonyl (C=O) groups is 1. The number of nitrogens with zero attached hydrogens (tertiary/aromatic N) is 6. The molecule has 35 heavy (non-hydrogen) atoms. The van der Waals surface area contributed by atoms with Gasteiger partial charge in [-0.15, -0.1) is 0 Å². The van der Waals surface area contributed by atoms with E-state index in [4.69, 9.17) is 0 Å². The average Bonchev–Trinajstić information content (AvgIpc) is 3.63. The van der Waals surface area contributed by atoms with Crippen LogP contribution in [0.15, 0.2) is 52.4 Å². The maximum Gasteiger partial charge on any atom is 0.333 e. The Kier molecular flexibility index (Phi) is 5.86. The van der Waals surface area contributed by atoms with Gasteiger partial charge in [0.2, 0.25) is 0 Å². The predicted molar refractivity (Wildman–Crippen MR) is 133 cm³/mol. The van der Waals surface area contributed by atoms with Gasteiger partial charge in [0.05, 0.1) is 5.56 Å². The van der Waals surface area contributed by atoms with Gasteiger partial charge in [0.25, 0.3) is 11.5 Å². The monoisotopic (exact) mass is 471 g/mol. The fourth-order valence-corrected chi connectivity index (χ4v) is 3.97. The Bertz CT molecular complexity index is 1530. The summed E-state index contributed by atoms with van der Waals surface area (Å²) in [5, 5.41) is 0. The lowest BCUT2D eigenvalue weighted by atomic mass is 10.2. The molecule has 10 heteroatoms. The summed E-state index contributed by atoms with van der Waals surface area (Å²) < 4.78 is 2.93. The Morgan fingerprint density at radius 1 is 1.20 bits per heavy atom. The largest absolute Gasteiger partial charge is 0.333 e. The second kappa shape index (κ2) is 9.13. The van der Waals surface area contributed by atoms with Crippen LogP contribution in [-0.4, -0.2) is 42.0 Å². The highest BCUT2D eigenvalue weighted by molar-refractivity contribution is 6.04. The number of amides is 1. The lowest BCUT2D eigenvalue weighted by Gasteiger charge is -2.16. The summed E-state index contributed by atoms with van der Waals surface area (Å²) in [7, 11) is 1.66. The average molecular weight is 472 g/mol. The molecule has 0 unspecified atom stereocenters. The van der Waals surface area contributed by atoms with Crippen molar-refractivity contribution in [1.29, 1.82) is 0 Å². The molecule has 10 nitrogen and oxygen atoms in total. The third-order valence-corrected chi connectivity index (χ3v) is 5.95. The van der Waals surface area contributed by atoms with Gasteiger partial charge in [-0.3, -0.25) is 28.6 Å². The quantitative estimate of drug-likeness (QED) is 0.443. The number of anilines is 1. The van der Waals surface area contributed by atoms with Crippen LogP contribution in [-0.2, 0) is 6.54 Å². The van der Waals surface area contributed by atoms with Crippen molar-refractivity contribution in [2.75, 3.05) is 11.9 Å². The first kappa shape index (κ1) is 22.5. The maximum atomic E-state index is 12.9. The van der Waals surface area contributed by atoms with Crippen LogP contribution in [0.5, 0.6) is 0 Å². The van der Waals surface area contributed by atoms with Crippen LogP contribution in [0.1, 0.15) is 54.0 Å². The zero-order valence-electron chi connectivity index (χ0n) is 19.5. The molecule has 178 valence electrons. The number of imidazole rings is 1. The van der Waals surface area contributed by atoms with Gasteiger partial charge in [0.1, 0.15) is 17.2 Å². The highest BCUT2D eigenvalue weighted by atomic mass is 16.2. The lowest BCUT2D eigenvalue weighted by molar-refractivity contribution is 0.0992. The van der Waals surface area contributed by atoms with E-state index in [9.17, 15) is 14.4 Å². The van der Waals surface area contributed by atoms with E-state index in [0.29, 0.717) is 34.9 Å². The standard InChI is InChI=1S/C25H25N7O3/c1-3-13-31-22-21(24(34)32(25(31)35)18-8-9-18)28-19(29-22)10-6-16-7-11-20(27-14-16)30(2)23(33)17-5-4-12-26-15-17/h4-7,10-12,14-15,18H,3,8-9,13H2,1-2H3,(H,28,29)/b10-6+. The topological polar surface area (TPSA) is 119 Å². The summed E-state index contributed by atoms with van der Waals surface area (Å²) in [5.74, 6) is 0.776. The number of nitrogens with one attached hydrogen (secondary N) is 1. The molecule has 1 aliphatic carbocycles. The minimum Gasteiger partial charge on any atom is -0.333 e. The summed E-state index contributed by atoms with van der Waals surface area (Å²) in [6.45, 7) is 2.48. The number of rotatable bonds is 7. The molecule has 4 aromatic rings. The summed E-state index contributed by atoms with van der Waals surface area (Å²) in [4.78, 5) is 55.9. The fraction of sp³-hybridized carbons (Fsp3) is 0.280. The van der Waals surface area contributed by atoms with Crippen LogP contribution < -0.4 is 16.1 Å². The van der Waals surface area contributed by atoms with Crippen molar-refractivity contribution in [3.05, 3.63) is 80.6 Å². The molecule has 1 saturated carbocycles. The molecule has 0 radical (unpaired) electrons. The number of hydrogen-bond donors (Lipinski definition) is 1. The molecule has 1 N–H and O–H groups in total. The molecule has 4 heterocycles. The summed E-state index contributed by atoms with van der Waals surface area (Å²) in [5.41, 5.74) is 1.37. The second-order valence-corrected chi connectivity index (χ2v) is 8.55. The molecular formula is C25H25N7O3. The SMILES string of the molecule is CCCn1c(=O)n(C2CC2)c(=O)c2[nH]c(/C=C/c3ccc(N(C)C(=O)c4cccnc4)nc3)nc21. The van der Waals surface area contributed by atoms with Crippen molar-refractivity contribution < 1.29 is 4.79 Å². The summed E-state index contributed by atoms with van der Waals surface area (Å²) in [6, 6.07) is 6.98. The number of carbonyl (C=O) groups excluding carboxylic acids is 1. The van der Waals surface area contributed by atoms with Gasteiger partial charge in [-0.2, -0.15) is 0 Å². The van der Waals surface area contributed by atoms with E-state index in [0.717, 1.165) is 24.8 Å². The number of aromatic nitrogens is 6. The third kappa shape index (κ3) is 4.30. The van der Waals surface area contributed by atoms with Crippen molar-refractivity contribution in [3.8, 4) is 0 Å². The van der Waals surface area contributed by atoms with E-state index in [1.54, 1.807) is 54.4 Å². The van der Waals surface area contributed by atoms with Crippen LogP contribution >= 0.6 is 0 Å². The second-order valence-electron chi connectivity index (χ2n) is 8.55. The van der Waals surface area contributed by atoms with Gasteiger partial charge >= 0.3 is 5.69 Å². The van der Waals surface area contributed by atoms with Crippen LogP contribution in [0, 0.1) is 0 Å². The predicted octanol–water partition coefficient (Wildman–Crippen LogP) is 2.87. The number of hydrogen-bond acceptors (Lipinski definition) is 6. The molecule has 0 spiro atoms. The van der Waals surface area contributed by atoms with Gasteiger partial charge < -0.3 is 4.98 Å². The minimum atomic E-state index is -0.320. The molecular weight excluding hydrogens is 446 g/mol. The van der Waals surface area contributed by atoms with E-state index in [2.05, 4.69) is 19.9 Å². The van der Waals surface area contributed by atoms with Gasteiger partial charge in [0, 0.05) is 38.2 Å². The van der Waals surface area contributed by atoms with Crippen LogP contribution in [0.25, 0.3) is 23.3 Å². The molecule has 0 aromatic carbocycles. The Balaban J connectivity index is 1.40. The first-order valence-corrected chi connectivity index (χ1v) is 11.5. The number of H-pyrrole nitrogens is 1. The first-order valence-electron chi connectivity index (χ1n) is 11.5. The Labute approximate surface area is 200 Å². The Hall–Kier alpha value is -4.34. The molecule has 0 aliphatic heterocycles. The van der Waals surface area contributed by atoms with E-state index < -0.39 is 0 Å². The Morgan fingerprint density at radius 3 is 2.69 bits per heavy atom. The first-order chi connectivity index (χ1) is 17.0. The van der Waals surface area contributed by atoms with Crippen molar-refractivity contribution in [2.45, 2.75) is 38.8 Å². The number of aryl methyl sites for hydroxylation is 1. The normalized spacial score (nSPS) is 13.5. The zero-order chi connectivity index (χ0) is 24.5. The Morgan fingerprint density at radius 2 is 2.03 bits per heavy atom. The number of fused-ring (bicyclic) bond motifs is 1. The molecule has 4 aromatic heterocycles. The van der Waals surface area contributed by atoms with Gasteiger partial charge in [-0.05, 0) is 61.2 Å². The number of pyridine rings is 2. The number of aromatic amines is 1. The van der Waals surface area contributed by atoms with Crippen molar-refractivity contribution in [2.24, 2.45) is 0 Å². The van der Waals surface area contributed by atoms with E-state index in [1.807, 2.05) is 13.0 Å². The molecule has 1 amide bonds. The fourth-order valence-electron chi connectivity index (χ4n) is 3.97. The minimum absolute atomic E-state index is 0.0162. The van der Waals surface area contributed by atoms with Crippen LogP contribution in [0.3, 0.4) is 0 Å². The zero-order valence-corrected chi connectivity index (χ0v) is 19.5. The van der Waals surface area contributed by atoms with Crippen LogP contribution in [0.4, 0.5) is 5.82 Å². The molecule has 5 rings (SSSR count). The molecule has 0 bridgehead atoms. The smallest absolute Gasteiger partial charge is 0.333 e. The highest BCUT2D eigenvalue weighted by Crippen LogP contribution is 2.32. The molecule has 1 aliphatic rings. The lowest BCUT2D eigenvalue weighted by Crippen LogP contribution is -2.39.